The summed E-state index contributed by atoms with van der Waals surface area (Å²) in [5.41, 5.74) is 5.33. The van der Waals surface area contributed by atoms with Crippen LogP contribution >= 0.6 is 0 Å². The molecule has 0 unspecified atom stereocenters. The molecule has 0 saturated heterocycles. The molecule has 26 heavy (non-hydrogen) atoms. The van der Waals surface area contributed by atoms with E-state index in [4.69, 9.17) is 14.1 Å². The molecule has 0 bridgehead atoms. The maximum absolute atomic E-state index is 5.49. The lowest BCUT2D eigenvalue weighted by atomic mass is 10.0. The van der Waals surface area contributed by atoms with Crippen molar-refractivity contribution in [2.45, 2.75) is 19.3 Å². The number of furan rings is 1. The largest absolute Gasteiger partial charge is 0.464 e. The van der Waals surface area contributed by atoms with Crippen LogP contribution in [0.5, 0.6) is 0 Å². The van der Waals surface area contributed by atoms with Crippen molar-refractivity contribution in [1.82, 2.24) is 19.6 Å². The monoisotopic (exact) mass is 346 g/mol. The van der Waals surface area contributed by atoms with E-state index in [-0.39, 0.29) is 0 Å². The van der Waals surface area contributed by atoms with Gasteiger partial charge in [-0.25, -0.2) is 4.98 Å². The average Bonchev–Trinajstić information content (AvgIpc) is 3.36. The van der Waals surface area contributed by atoms with Crippen molar-refractivity contribution >= 4 is 22.2 Å². The molecule has 0 fully saturated rings. The highest BCUT2D eigenvalue weighted by molar-refractivity contribution is 5.81. The van der Waals surface area contributed by atoms with E-state index in [9.17, 15) is 0 Å². The van der Waals surface area contributed by atoms with E-state index in [2.05, 4.69) is 22.3 Å². The molecule has 0 atom stereocenters. The predicted molar refractivity (Wildman–Crippen MR) is 97.8 cm³/mol. The zero-order valence-corrected chi connectivity index (χ0v) is 14.3. The first-order chi connectivity index (χ1) is 12.9. The van der Waals surface area contributed by atoms with Gasteiger partial charge in [0.1, 0.15) is 17.7 Å². The number of ether oxygens (including phenoxy) is 1. The van der Waals surface area contributed by atoms with Crippen LogP contribution in [0.15, 0.2) is 53.5 Å². The SMILES string of the molecule is C1=C(c2cnc(CCc3cccc4occc34)n3cnnc23)CCOC1. The summed E-state index contributed by atoms with van der Waals surface area (Å²) in [4.78, 5) is 4.71. The summed E-state index contributed by atoms with van der Waals surface area (Å²) >= 11 is 0. The molecule has 4 aromatic rings. The molecule has 3 aromatic heterocycles. The van der Waals surface area contributed by atoms with Gasteiger partial charge in [-0.1, -0.05) is 18.2 Å². The van der Waals surface area contributed by atoms with E-state index in [0.29, 0.717) is 6.61 Å². The summed E-state index contributed by atoms with van der Waals surface area (Å²) < 4.78 is 12.9. The highest BCUT2D eigenvalue weighted by atomic mass is 16.5. The second-order valence-corrected chi connectivity index (χ2v) is 6.42. The lowest BCUT2D eigenvalue weighted by Gasteiger charge is -2.15. The number of aryl methyl sites for hydroxylation is 2. The Morgan fingerprint density at radius 3 is 3.08 bits per heavy atom. The van der Waals surface area contributed by atoms with E-state index in [1.807, 2.05) is 28.8 Å². The molecular weight excluding hydrogens is 328 g/mol. The molecule has 0 amide bonds. The second-order valence-electron chi connectivity index (χ2n) is 6.42. The van der Waals surface area contributed by atoms with Crippen LogP contribution < -0.4 is 0 Å². The first-order valence-corrected chi connectivity index (χ1v) is 8.80. The maximum atomic E-state index is 5.49. The third-order valence-corrected chi connectivity index (χ3v) is 4.92. The molecule has 0 spiro atoms. The predicted octanol–water partition coefficient (Wildman–Crippen LogP) is 3.46. The zero-order valence-electron chi connectivity index (χ0n) is 14.3. The standard InChI is InChI=1S/C20H18N4O2/c1-2-14(16-8-11-26-18(16)3-1)4-5-19-21-12-17(15-6-9-25-10-7-15)20-23-22-13-24(19)20/h1-3,6,8,11-13H,4-5,7,9-10H2. The highest BCUT2D eigenvalue weighted by Gasteiger charge is 2.15. The molecule has 1 aliphatic rings. The topological polar surface area (TPSA) is 65.5 Å². The van der Waals surface area contributed by atoms with Crippen molar-refractivity contribution in [1.29, 1.82) is 0 Å². The van der Waals surface area contributed by atoms with Crippen LogP contribution in [0.4, 0.5) is 0 Å². The van der Waals surface area contributed by atoms with Gasteiger partial charge < -0.3 is 9.15 Å². The molecule has 6 heteroatoms. The first-order valence-electron chi connectivity index (χ1n) is 8.80. The van der Waals surface area contributed by atoms with Crippen LogP contribution in [-0.2, 0) is 17.6 Å². The Kier molecular flexibility index (Phi) is 3.75. The minimum absolute atomic E-state index is 0.645. The molecule has 0 N–H and O–H groups in total. The fraction of sp³-hybridized carbons (Fsp3) is 0.250. The summed E-state index contributed by atoms with van der Waals surface area (Å²) in [5, 5.41) is 9.60. The summed E-state index contributed by atoms with van der Waals surface area (Å²) in [6.45, 7) is 1.38. The number of benzene rings is 1. The van der Waals surface area contributed by atoms with Gasteiger partial charge in [-0.2, -0.15) is 0 Å². The normalized spacial score (nSPS) is 14.8. The first kappa shape index (κ1) is 15.3. The van der Waals surface area contributed by atoms with E-state index in [1.54, 1.807) is 12.6 Å². The molecule has 5 rings (SSSR count). The smallest absolute Gasteiger partial charge is 0.171 e. The Balaban J connectivity index is 1.47. The van der Waals surface area contributed by atoms with Gasteiger partial charge in [0.2, 0.25) is 0 Å². The summed E-state index contributed by atoms with van der Waals surface area (Å²) in [6.07, 6.45) is 10.1. The molecule has 1 aromatic carbocycles. The van der Waals surface area contributed by atoms with Gasteiger partial charge in [0, 0.05) is 23.6 Å². The van der Waals surface area contributed by atoms with Crippen LogP contribution in [0.3, 0.4) is 0 Å². The van der Waals surface area contributed by atoms with Crippen molar-refractivity contribution < 1.29 is 9.15 Å². The Hall–Kier alpha value is -2.99. The summed E-state index contributed by atoms with van der Waals surface area (Å²) in [7, 11) is 0. The second kappa shape index (κ2) is 6.38. The van der Waals surface area contributed by atoms with Crippen molar-refractivity contribution in [3.8, 4) is 0 Å². The van der Waals surface area contributed by atoms with Gasteiger partial charge in [-0.05, 0) is 36.1 Å². The molecule has 0 radical (unpaired) electrons. The van der Waals surface area contributed by atoms with Gasteiger partial charge in [-0.3, -0.25) is 4.40 Å². The van der Waals surface area contributed by atoms with Gasteiger partial charge in [0.25, 0.3) is 0 Å². The fourth-order valence-electron chi connectivity index (χ4n) is 3.57. The van der Waals surface area contributed by atoms with E-state index >= 15 is 0 Å². The third kappa shape index (κ3) is 2.59. The number of nitrogens with zero attached hydrogens (tertiary/aromatic N) is 4. The molecule has 130 valence electrons. The van der Waals surface area contributed by atoms with Crippen LogP contribution in [0.1, 0.15) is 23.4 Å². The van der Waals surface area contributed by atoms with Crippen molar-refractivity contribution in [3.63, 3.8) is 0 Å². The van der Waals surface area contributed by atoms with Crippen molar-refractivity contribution in [2.75, 3.05) is 13.2 Å². The molecule has 0 aliphatic carbocycles. The molecule has 4 heterocycles. The minimum Gasteiger partial charge on any atom is -0.464 e. The number of fused-ring (bicyclic) bond motifs is 2. The average molecular weight is 346 g/mol. The molecule has 0 saturated carbocycles. The van der Waals surface area contributed by atoms with Crippen LogP contribution in [0, 0.1) is 0 Å². The lowest BCUT2D eigenvalue weighted by Crippen LogP contribution is -2.08. The Labute approximate surface area is 150 Å². The van der Waals surface area contributed by atoms with E-state index < -0.39 is 0 Å². The van der Waals surface area contributed by atoms with Crippen molar-refractivity contribution in [2.24, 2.45) is 0 Å². The number of aromatic nitrogens is 4. The maximum Gasteiger partial charge on any atom is 0.171 e. The Bertz CT molecular complexity index is 1110. The summed E-state index contributed by atoms with van der Waals surface area (Å²) in [5.74, 6) is 0.960. The molecular formula is C20H18N4O2. The molecule has 1 aliphatic heterocycles. The van der Waals surface area contributed by atoms with Crippen LogP contribution in [0.2, 0.25) is 0 Å². The van der Waals surface area contributed by atoms with Crippen LogP contribution in [0.25, 0.3) is 22.2 Å². The lowest BCUT2D eigenvalue weighted by molar-refractivity contribution is 0.161. The van der Waals surface area contributed by atoms with E-state index in [0.717, 1.165) is 53.9 Å². The van der Waals surface area contributed by atoms with Gasteiger partial charge in [0.05, 0.1) is 19.5 Å². The van der Waals surface area contributed by atoms with Crippen molar-refractivity contribution in [3.05, 3.63) is 66.1 Å². The van der Waals surface area contributed by atoms with Crippen LogP contribution in [-0.4, -0.2) is 32.8 Å². The fourth-order valence-corrected chi connectivity index (χ4v) is 3.57. The van der Waals surface area contributed by atoms with E-state index in [1.165, 1.54) is 11.1 Å². The van der Waals surface area contributed by atoms with Gasteiger partial charge in [0.15, 0.2) is 5.65 Å². The number of hydrogen-bond donors (Lipinski definition) is 0. The summed E-state index contributed by atoms with van der Waals surface area (Å²) in [6, 6.07) is 8.19. The Morgan fingerprint density at radius 2 is 2.15 bits per heavy atom. The highest BCUT2D eigenvalue weighted by Crippen LogP contribution is 2.25. The molecule has 6 nitrogen and oxygen atoms in total. The third-order valence-electron chi connectivity index (χ3n) is 4.92. The minimum atomic E-state index is 0.645. The number of rotatable bonds is 4. The van der Waals surface area contributed by atoms with Gasteiger partial charge in [-0.15, -0.1) is 10.2 Å². The number of hydrogen-bond acceptors (Lipinski definition) is 5. The zero-order chi connectivity index (χ0) is 17.3. The Morgan fingerprint density at radius 1 is 1.15 bits per heavy atom. The quantitative estimate of drug-likeness (QED) is 0.566. The van der Waals surface area contributed by atoms with Gasteiger partial charge >= 0.3 is 0 Å².